The molecule has 2 aromatic carbocycles. The van der Waals surface area contributed by atoms with Gasteiger partial charge in [0, 0.05) is 0 Å². The molecule has 4 heteroatoms. The standard InChI is InChI=1S/C22H21.C2H7Si.2ClH.Ti/c1-22(2,3)17-12-11-16(13-17)19-9-6-10-20-18-8-5-4-7-15(18)14-21(19)20;1-3-2;;;/h4-10,12-14H,11H2,1-3H3;3H,1-2H3;2*1H;/q;;;;+2/p-2. The van der Waals surface area contributed by atoms with Crippen LogP contribution in [0.3, 0.4) is 0 Å². The molecule has 0 heterocycles. The van der Waals surface area contributed by atoms with Gasteiger partial charge in [-0.3, -0.25) is 0 Å². The molecule has 28 heavy (non-hydrogen) atoms. The van der Waals surface area contributed by atoms with Crippen LogP contribution in [0.5, 0.6) is 0 Å². The molecule has 146 valence electrons. The van der Waals surface area contributed by atoms with Crippen molar-refractivity contribution in [3.8, 4) is 11.1 Å². The van der Waals surface area contributed by atoms with Gasteiger partial charge in [0.05, 0.1) is 0 Å². The van der Waals surface area contributed by atoms with Crippen molar-refractivity contribution in [2.24, 2.45) is 5.41 Å². The minimum atomic E-state index is -0.543. The van der Waals surface area contributed by atoms with Gasteiger partial charge in [-0.1, -0.05) is 0 Å². The minimum absolute atomic E-state index is 0. The SMILES string of the molecule is C[SiH](C)[Ti+2][CH]1c2ccccc2-c2cccc(C3=CC(C(C)(C)C)=CC3)c21.[Cl-].[Cl-]. The largest absolute Gasteiger partial charge is 1.00 e. The quantitative estimate of drug-likeness (QED) is 0.585. The number of allylic oxidation sites excluding steroid dienone is 4. The number of rotatable bonds is 3. The summed E-state index contributed by atoms with van der Waals surface area (Å²) in [5.41, 5.74) is 11.1. The smallest absolute Gasteiger partial charge is 1.00 e. The third-order valence-corrected chi connectivity index (χ3v) is 12.2. The van der Waals surface area contributed by atoms with Gasteiger partial charge < -0.3 is 24.8 Å². The summed E-state index contributed by atoms with van der Waals surface area (Å²) in [6.45, 7) is 11.5. The van der Waals surface area contributed by atoms with E-state index in [2.05, 4.69) is 88.5 Å². The van der Waals surface area contributed by atoms with Gasteiger partial charge in [-0.05, 0) is 0 Å². The third kappa shape index (κ3) is 4.30. The summed E-state index contributed by atoms with van der Waals surface area (Å²) in [6.07, 6.45) is 6.01. The molecule has 0 bridgehead atoms. The molecule has 0 saturated carbocycles. The maximum absolute atomic E-state index is 2.54. The topological polar surface area (TPSA) is 0 Å². The van der Waals surface area contributed by atoms with E-state index in [9.17, 15) is 0 Å². The molecular formula is C24H28Cl2SiTi. The van der Waals surface area contributed by atoms with Crippen molar-refractivity contribution in [3.05, 3.63) is 76.9 Å². The van der Waals surface area contributed by atoms with Crippen LogP contribution in [0, 0.1) is 5.41 Å². The van der Waals surface area contributed by atoms with Crippen LogP contribution < -0.4 is 24.8 Å². The first-order chi connectivity index (χ1) is 12.4. The molecule has 4 rings (SSSR count). The van der Waals surface area contributed by atoms with Crippen molar-refractivity contribution < 1.29 is 43.2 Å². The van der Waals surface area contributed by atoms with Gasteiger partial charge in [0.25, 0.3) is 0 Å². The first kappa shape index (κ1) is 23.7. The van der Waals surface area contributed by atoms with E-state index in [1.165, 1.54) is 27.8 Å². The van der Waals surface area contributed by atoms with Crippen LogP contribution in [0.2, 0.25) is 13.1 Å². The molecule has 1 atom stereocenters. The molecule has 0 radical (unpaired) electrons. The molecule has 2 aliphatic rings. The van der Waals surface area contributed by atoms with Gasteiger partial charge >= 0.3 is 169 Å². The molecule has 0 N–H and O–H groups in total. The Balaban J connectivity index is 0.00000140. The average Bonchev–Trinajstić information content (AvgIpc) is 3.19. The zero-order valence-corrected chi connectivity index (χ0v) is 21.5. The van der Waals surface area contributed by atoms with E-state index in [-0.39, 0.29) is 48.6 Å². The third-order valence-electron chi connectivity index (χ3n) is 5.54. The normalized spacial score (nSPS) is 17.0. The zero-order chi connectivity index (χ0) is 18.5. The van der Waals surface area contributed by atoms with Crippen LogP contribution in [0.1, 0.15) is 48.1 Å². The minimum Gasteiger partial charge on any atom is -1.00 e. The fraction of sp³-hybridized carbons (Fsp3) is 0.333. The van der Waals surface area contributed by atoms with Crippen molar-refractivity contribution in [2.75, 3.05) is 0 Å². The van der Waals surface area contributed by atoms with E-state index in [0.29, 0.717) is 4.22 Å². The van der Waals surface area contributed by atoms with Crippen LogP contribution in [-0.2, 0) is 18.4 Å². The molecule has 0 fully saturated rings. The van der Waals surface area contributed by atoms with Crippen molar-refractivity contribution in [1.29, 1.82) is 0 Å². The average molecular weight is 463 g/mol. The Hall–Kier alpha value is -0.569. The predicted octanol–water partition coefficient (Wildman–Crippen LogP) is 0.590. The number of benzene rings is 2. The molecule has 2 aliphatic carbocycles. The molecule has 0 nitrogen and oxygen atoms in total. The van der Waals surface area contributed by atoms with Crippen molar-refractivity contribution in [1.82, 2.24) is 0 Å². The summed E-state index contributed by atoms with van der Waals surface area (Å²) >= 11 is 0.0555. The maximum atomic E-state index is 2.54. The second-order valence-corrected chi connectivity index (χ2v) is 19.4. The number of halogens is 2. The first-order valence-corrected chi connectivity index (χ1v) is 16.3. The van der Waals surface area contributed by atoms with Gasteiger partial charge in [-0.25, -0.2) is 0 Å². The van der Waals surface area contributed by atoms with Gasteiger partial charge in [-0.15, -0.1) is 0 Å². The Morgan fingerprint density at radius 2 is 1.54 bits per heavy atom. The van der Waals surface area contributed by atoms with Crippen LogP contribution in [0.4, 0.5) is 0 Å². The molecule has 0 saturated heterocycles. The predicted molar refractivity (Wildman–Crippen MR) is 113 cm³/mol. The van der Waals surface area contributed by atoms with Gasteiger partial charge in [0.1, 0.15) is 0 Å². The summed E-state index contributed by atoms with van der Waals surface area (Å²) in [5.74, 6) is 0. The fourth-order valence-corrected chi connectivity index (χ4v) is 10.9. The van der Waals surface area contributed by atoms with Crippen molar-refractivity contribution in [2.45, 2.75) is 44.5 Å². The Bertz CT molecular complexity index is 922. The van der Waals surface area contributed by atoms with Crippen LogP contribution in [0.25, 0.3) is 16.7 Å². The maximum Gasteiger partial charge on any atom is -1.00 e. The molecule has 0 spiro atoms. The Morgan fingerprint density at radius 3 is 2.18 bits per heavy atom. The molecule has 0 aromatic heterocycles. The summed E-state index contributed by atoms with van der Waals surface area (Å²) in [7, 11) is 0. The van der Waals surface area contributed by atoms with E-state index >= 15 is 0 Å². The molecule has 2 aromatic rings. The van der Waals surface area contributed by atoms with Gasteiger partial charge in [-0.2, -0.15) is 0 Å². The second kappa shape index (κ2) is 9.06. The summed E-state index contributed by atoms with van der Waals surface area (Å²) in [6, 6.07) is 16.2. The molecule has 1 unspecified atom stereocenters. The van der Waals surface area contributed by atoms with E-state index in [0.717, 1.165) is 6.42 Å². The first-order valence-electron chi connectivity index (χ1n) is 9.76. The Labute approximate surface area is 192 Å². The van der Waals surface area contributed by atoms with E-state index in [4.69, 9.17) is 0 Å². The van der Waals surface area contributed by atoms with Crippen LogP contribution in [-0.4, -0.2) is 6.66 Å². The van der Waals surface area contributed by atoms with Crippen LogP contribution in [0.15, 0.2) is 60.2 Å². The summed E-state index contributed by atoms with van der Waals surface area (Å²) in [5, 5.41) is 0. The number of fused-ring (bicyclic) bond motifs is 3. The van der Waals surface area contributed by atoms with E-state index < -0.39 is 6.66 Å². The van der Waals surface area contributed by atoms with Crippen molar-refractivity contribution in [3.63, 3.8) is 0 Å². The summed E-state index contributed by atoms with van der Waals surface area (Å²) in [4.78, 5) is 0. The molecule has 0 aliphatic heterocycles. The molecular weight excluding hydrogens is 435 g/mol. The van der Waals surface area contributed by atoms with Gasteiger partial charge in [0.15, 0.2) is 0 Å². The number of hydrogen-bond acceptors (Lipinski definition) is 0. The molecule has 0 amide bonds. The number of hydrogen-bond donors (Lipinski definition) is 0. The fourth-order valence-electron chi connectivity index (χ4n) is 4.28. The van der Waals surface area contributed by atoms with Crippen LogP contribution >= 0.6 is 0 Å². The monoisotopic (exact) mass is 462 g/mol. The Morgan fingerprint density at radius 1 is 0.893 bits per heavy atom. The second-order valence-electron chi connectivity index (χ2n) is 8.89. The van der Waals surface area contributed by atoms with E-state index in [1.807, 2.05) is 0 Å². The van der Waals surface area contributed by atoms with E-state index in [1.54, 1.807) is 11.1 Å². The van der Waals surface area contributed by atoms with Gasteiger partial charge in [0.2, 0.25) is 0 Å². The summed E-state index contributed by atoms with van der Waals surface area (Å²) < 4.78 is 0.712. The van der Waals surface area contributed by atoms with Crippen molar-refractivity contribution >= 4 is 12.2 Å². The Kier molecular flexibility index (Phi) is 7.67. The zero-order valence-electron chi connectivity index (χ0n) is 17.3.